The number of fused-ring (bicyclic) bond motifs is 1. The molecule has 28 heavy (non-hydrogen) atoms. The maximum Gasteiger partial charge on any atom is 0.296 e. The Kier molecular flexibility index (Phi) is 4.88. The van der Waals surface area contributed by atoms with Gasteiger partial charge in [0.05, 0.1) is 27.4 Å². The maximum absolute atomic E-state index is 13.1. The van der Waals surface area contributed by atoms with Gasteiger partial charge in [0, 0.05) is 18.3 Å². The average molecular weight is 459 g/mol. The van der Waals surface area contributed by atoms with Crippen molar-refractivity contribution in [2.45, 2.75) is 6.54 Å². The zero-order chi connectivity index (χ0) is 19.7. The van der Waals surface area contributed by atoms with E-state index in [2.05, 4.69) is 25.9 Å². The fourth-order valence-corrected chi connectivity index (χ4v) is 3.88. The Bertz CT molecular complexity index is 1170. The maximum atomic E-state index is 13.1. The van der Waals surface area contributed by atoms with Crippen LogP contribution in [0.1, 0.15) is 16.2 Å². The topological polar surface area (TPSA) is 102 Å². The van der Waals surface area contributed by atoms with Gasteiger partial charge in [-0.2, -0.15) is 0 Å². The molecule has 0 unspecified atom stereocenters. The molecule has 0 spiro atoms. The number of furan rings is 1. The molecule has 1 aromatic carbocycles. The fraction of sp³-hybridized carbons (Fsp3) is 0.0556. The van der Waals surface area contributed by atoms with E-state index in [9.17, 15) is 14.9 Å². The van der Waals surface area contributed by atoms with E-state index in [1.54, 1.807) is 36.5 Å². The molecule has 8 nitrogen and oxygen atoms in total. The highest BCUT2D eigenvalue weighted by Crippen LogP contribution is 2.33. The van der Waals surface area contributed by atoms with Crippen LogP contribution in [-0.4, -0.2) is 20.8 Å². The van der Waals surface area contributed by atoms with Gasteiger partial charge in [0.25, 0.3) is 11.6 Å². The highest BCUT2D eigenvalue weighted by atomic mass is 79.9. The van der Waals surface area contributed by atoms with Gasteiger partial charge in [-0.1, -0.05) is 17.4 Å². The predicted octanol–water partition coefficient (Wildman–Crippen LogP) is 4.80. The number of halogens is 1. The minimum atomic E-state index is -0.462. The lowest BCUT2D eigenvalue weighted by molar-refractivity contribution is -0.384. The molecule has 10 heteroatoms. The van der Waals surface area contributed by atoms with Crippen LogP contribution < -0.4 is 4.90 Å². The molecule has 0 aliphatic carbocycles. The second kappa shape index (κ2) is 7.49. The number of carbonyl (C=O) groups excluding carboxylic acids is 1. The van der Waals surface area contributed by atoms with Crippen molar-refractivity contribution in [2.75, 3.05) is 4.90 Å². The summed E-state index contributed by atoms with van der Waals surface area (Å²) in [5.41, 5.74) is 1.22. The fourth-order valence-electron chi connectivity index (χ4n) is 2.57. The van der Waals surface area contributed by atoms with E-state index in [0.29, 0.717) is 25.7 Å². The monoisotopic (exact) mass is 458 g/mol. The van der Waals surface area contributed by atoms with E-state index in [4.69, 9.17) is 4.42 Å². The first-order chi connectivity index (χ1) is 13.5. The highest BCUT2D eigenvalue weighted by Gasteiger charge is 2.25. The largest absolute Gasteiger partial charge is 0.444 e. The van der Waals surface area contributed by atoms with Gasteiger partial charge in [0.15, 0.2) is 15.6 Å². The summed E-state index contributed by atoms with van der Waals surface area (Å²) in [6.07, 6.45) is 1.64. The van der Waals surface area contributed by atoms with Gasteiger partial charge in [0.2, 0.25) is 0 Å². The van der Waals surface area contributed by atoms with Crippen LogP contribution in [0.4, 0.5) is 10.8 Å². The van der Waals surface area contributed by atoms with E-state index in [0.717, 1.165) is 0 Å². The number of nitro groups is 1. The third-order valence-corrected chi connectivity index (χ3v) is 5.35. The molecule has 0 saturated carbocycles. The normalized spacial score (nSPS) is 10.9. The van der Waals surface area contributed by atoms with Crippen molar-refractivity contribution < 1.29 is 14.1 Å². The minimum Gasteiger partial charge on any atom is -0.444 e. The summed E-state index contributed by atoms with van der Waals surface area (Å²) in [5, 5.41) is 11.4. The molecule has 0 fully saturated rings. The number of non-ortho nitro benzene ring substituents is 1. The summed E-state index contributed by atoms with van der Waals surface area (Å²) in [4.78, 5) is 33.8. The number of thiazole rings is 1. The Balaban J connectivity index is 1.76. The number of hydrogen-bond donors (Lipinski definition) is 0. The summed E-state index contributed by atoms with van der Waals surface area (Å²) >= 11 is 4.39. The molecular weight excluding hydrogens is 448 g/mol. The number of amides is 1. The van der Waals surface area contributed by atoms with Gasteiger partial charge in [-0.05, 0) is 46.3 Å². The van der Waals surface area contributed by atoms with Crippen LogP contribution in [0.5, 0.6) is 0 Å². The average Bonchev–Trinajstić information content (AvgIpc) is 3.31. The standard InChI is InChI=1S/C18H11BrN4O4S/c19-16-7-6-14(27-16)17(24)22(10-11-3-1-2-8-20-11)18-21-13-5-4-12(23(25)26)9-15(13)28-18/h1-9H,10H2. The summed E-state index contributed by atoms with van der Waals surface area (Å²) < 4.78 is 6.46. The summed E-state index contributed by atoms with van der Waals surface area (Å²) in [6.45, 7) is 0.180. The van der Waals surface area contributed by atoms with Crippen molar-refractivity contribution in [2.24, 2.45) is 0 Å². The lowest BCUT2D eigenvalue weighted by Crippen LogP contribution is -2.30. The minimum absolute atomic E-state index is 0.0275. The number of nitro benzene ring substituents is 1. The Labute approximate surface area is 170 Å². The number of anilines is 1. The molecule has 3 heterocycles. The molecule has 0 aliphatic rings. The molecule has 4 aromatic rings. The lowest BCUT2D eigenvalue weighted by atomic mass is 10.3. The number of aromatic nitrogens is 2. The van der Waals surface area contributed by atoms with Crippen LogP contribution in [-0.2, 0) is 6.54 Å². The summed E-state index contributed by atoms with van der Waals surface area (Å²) in [7, 11) is 0. The predicted molar refractivity (Wildman–Crippen MR) is 107 cm³/mol. The molecule has 0 N–H and O–H groups in total. The van der Waals surface area contributed by atoms with Crippen molar-refractivity contribution in [1.82, 2.24) is 9.97 Å². The van der Waals surface area contributed by atoms with Gasteiger partial charge in [0.1, 0.15) is 0 Å². The van der Waals surface area contributed by atoms with E-state index < -0.39 is 4.92 Å². The third kappa shape index (κ3) is 3.64. The molecule has 4 rings (SSSR count). The van der Waals surface area contributed by atoms with Crippen LogP contribution in [0.15, 0.2) is 63.8 Å². The zero-order valence-corrected chi connectivity index (χ0v) is 16.5. The van der Waals surface area contributed by atoms with Crippen LogP contribution in [0.25, 0.3) is 10.2 Å². The number of carbonyl (C=O) groups is 1. The molecule has 0 atom stereocenters. The smallest absolute Gasteiger partial charge is 0.296 e. The van der Waals surface area contributed by atoms with E-state index >= 15 is 0 Å². The molecular formula is C18H11BrN4O4S. The lowest BCUT2D eigenvalue weighted by Gasteiger charge is -2.18. The Morgan fingerprint density at radius 1 is 1.25 bits per heavy atom. The molecule has 0 bridgehead atoms. The van der Waals surface area contributed by atoms with Crippen molar-refractivity contribution in [3.8, 4) is 0 Å². The van der Waals surface area contributed by atoms with E-state index in [1.165, 1.54) is 28.4 Å². The number of nitrogens with zero attached hydrogens (tertiary/aromatic N) is 4. The quantitative estimate of drug-likeness (QED) is 0.314. The number of hydrogen-bond acceptors (Lipinski definition) is 7. The molecule has 3 aromatic heterocycles. The zero-order valence-electron chi connectivity index (χ0n) is 14.1. The second-order valence-corrected chi connectivity index (χ2v) is 7.51. The third-order valence-electron chi connectivity index (χ3n) is 3.88. The van der Waals surface area contributed by atoms with Crippen molar-refractivity contribution in [3.05, 3.63) is 81.0 Å². The van der Waals surface area contributed by atoms with E-state index in [-0.39, 0.29) is 23.9 Å². The van der Waals surface area contributed by atoms with E-state index in [1.807, 2.05) is 6.07 Å². The van der Waals surface area contributed by atoms with Gasteiger partial charge in [-0.25, -0.2) is 4.98 Å². The van der Waals surface area contributed by atoms with Gasteiger partial charge in [-0.3, -0.25) is 24.8 Å². The van der Waals surface area contributed by atoms with Crippen molar-refractivity contribution in [3.63, 3.8) is 0 Å². The highest BCUT2D eigenvalue weighted by molar-refractivity contribution is 9.10. The molecule has 0 saturated heterocycles. The Morgan fingerprint density at radius 3 is 2.79 bits per heavy atom. The SMILES string of the molecule is O=C(c1ccc(Br)o1)N(Cc1ccccn1)c1nc2ccc([N+](=O)[O-])cc2s1. The molecule has 0 aliphatic heterocycles. The summed E-state index contributed by atoms with van der Waals surface area (Å²) in [5.74, 6) is -0.238. The van der Waals surface area contributed by atoms with Crippen LogP contribution in [0, 0.1) is 10.1 Å². The molecule has 0 radical (unpaired) electrons. The first kappa shape index (κ1) is 18.3. The van der Waals surface area contributed by atoms with Crippen LogP contribution in [0.3, 0.4) is 0 Å². The number of pyridine rings is 1. The number of benzene rings is 1. The first-order valence-corrected chi connectivity index (χ1v) is 9.64. The van der Waals surface area contributed by atoms with Gasteiger partial charge >= 0.3 is 0 Å². The van der Waals surface area contributed by atoms with Crippen molar-refractivity contribution >= 4 is 54.2 Å². The van der Waals surface area contributed by atoms with Crippen molar-refractivity contribution in [1.29, 1.82) is 0 Å². The molecule has 1 amide bonds. The van der Waals surface area contributed by atoms with Crippen LogP contribution in [0.2, 0.25) is 0 Å². The van der Waals surface area contributed by atoms with Gasteiger partial charge < -0.3 is 4.42 Å². The van der Waals surface area contributed by atoms with Gasteiger partial charge in [-0.15, -0.1) is 0 Å². The first-order valence-electron chi connectivity index (χ1n) is 8.03. The summed E-state index contributed by atoms with van der Waals surface area (Å²) in [6, 6.07) is 13.0. The second-order valence-electron chi connectivity index (χ2n) is 5.72. The Morgan fingerprint density at radius 2 is 2.11 bits per heavy atom. The molecule has 140 valence electrons. The van der Waals surface area contributed by atoms with Crippen LogP contribution >= 0.6 is 27.3 Å². The number of rotatable bonds is 5. The Hall–Kier alpha value is -3.11.